The number of carbonyl (C=O) groups is 1. The average molecular weight is 465 g/mol. The molecule has 4 saturated carbocycles. The molecule has 0 spiro atoms. The summed E-state index contributed by atoms with van der Waals surface area (Å²) in [6.45, 7) is 3.30. The number of sulfonamides is 1. The van der Waals surface area contributed by atoms with Crippen LogP contribution in [0.3, 0.4) is 0 Å². The maximum atomic E-state index is 13.3. The Morgan fingerprint density at radius 2 is 1.81 bits per heavy atom. The van der Waals surface area contributed by atoms with E-state index in [4.69, 9.17) is 11.6 Å². The van der Waals surface area contributed by atoms with Gasteiger partial charge in [0.15, 0.2) is 0 Å². The second kappa shape index (κ2) is 8.03. The molecule has 1 aromatic rings. The monoisotopic (exact) mass is 464 g/mol. The number of hydrogen-bond acceptors (Lipinski definition) is 3. The number of nitrogens with zero attached hydrogens (tertiary/aromatic N) is 1. The molecule has 0 aromatic heterocycles. The lowest BCUT2D eigenvalue weighted by Crippen LogP contribution is -2.54. The Bertz CT molecular complexity index is 942. The summed E-state index contributed by atoms with van der Waals surface area (Å²) in [4.78, 5) is 13.6. The fourth-order valence-corrected chi connectivity index (χ4v) is 9.26. The van der Waals surface area contributed by atoms with Crippen LogP contribution in [0.25, 0.3) is 0 Å². The summed E-state index contributed by atoms with van der Waals surface area (Å²) in [5.74, 6) is 2.62. The summed E-state index contributed by atoms with van der Waals surface area (Å²) in [6, 6.07) is 5.04. The van der Waals surface area contributed by atoms with Crippen molar-refractivity contribution < 1.29 is 13.2 Å². The zero-order chi connectivity index (χ0) is 21.8. The Kier molecular flexibility index (Phi) is 5.63. The Labute approximate surface area is 191 Å². The number of carbonyl (C=O) groups excluding carboxylic acids is 1. The summed E-state index contributed by atoms with van der Waals surface area (Å²) < 4.78 is 28.1. The van der Waals surface area contributed by atoms with Gasteiger partial charge in [0.2, 0.25) is 15.9 Å². The summed E-state index contributed by atoms with van der Waals surface area (Å²) >= 11 is 6.17. The van der Waals surface area contributed by atoms with Crippen LogP contribution in [-0.4, -0.2) is 38.3 Å². The van der Waals surface area contributed by atoms with E-state index in [1.54, 1.807) is 29.4 Å². The fourth-order valence-electron chi connectivity index (χ4n) is 7.23. The number of rotatable bonds is 5. The van der Waals surface area contributed by atoms with E-state index in [-0.39, 0.29) is 17.2 Å². The number of piperidine rings is 1. The molecule has 1 N–H and O–H groups in total. The van der Waals surface area contributed by atoms with Crippen molar-refractivity contribution in [3.8, 4) is 0 Å². The second-order valence-corrected chi connectivity index (χ2v) is 13.0. The fraction of sp³-hybridized carbons (Fsp3) is 0.708. The summed E-state index contributed by atoms with van der Waals surface area (Å²) in [7, 11) is -3.59. The number of benzene rings is 1. The third-order valence-electron chi connectivity index (χ3n) is 8.39. The maximum absolute atomic E-state index is 13.3. The minimum Gasteiger partial charge on any atom is -0.355 e. The second-order valence-electron chi connectivity index (χ2n) is 10.6. The van der Waals surface area contributed by atoms with Crippen molar-refractivity contribution in [3.05, 3.63) is 28.8 Å². The zero-order valence-electron chi connectivity index (χ0n) is 18.3. The van der Waals surface area contributed by atoms with Crippen molar-refractivity contribution in [2.45, 2.75) is 63.2 Å². The SMILES string of the molecule is Cc1c(Cl)cccc1S(=O)(=O)N1CCCC(CNC(=O)C23CC4CC(CC(C4)C2)C3)C1. The predicted molar refractivity (Wildman–Crippen MR) is 121 cm³/mol. The highest BCUT2D eigenvalue weighted by Crippen LogP contribution is 2.60. The molecule has 5 nitrogen and oxygen atoms in total. The Morgan fingerprint density at radius 3 is 2.45 bits per heavy atom. The predicted octanol–water partition coefficient (Wildman–Crippen LogP) is 4.38. The summed E-state index contributed by atoms with van der Waals surface area (Å²) in [5, 5.41) is 3.73. The number of halogens is 1. The highest BCUT2D eigenvalue weighted by Gasteiger charge is 2.54. The van der Waals surface area contributed by atoms with Crippen LogP contribution < -0.4 is 5.32 Å². The van der Waals surface area contributed by atoms with Crippen LogP contribution in [0.15, 0.2) is 23.1 Å². The van der Waals surface area contributed by atoms with Gasteiger partial charge in [0.05, 0.1) is 4.90 Å². The van der Waals surface area contributed by atoms with E-state index < -0.39 is 10.0 Å². The molecule has 4 bridgehead atoms. The van der Waals surface area contributed by atoms with Crippen LogP contribution >= 0.6 is 11.6 Å². The van der Waals surface area contributed by atoms with Crippen molar-refractivity contribution in [3.63, 3.8) is 0 Å². The van der Waals surface area contributed by atoms with Crippen molar-refractivity contribution in [2.75, 3.05) is 19.6 Å². The molecule has 1 saturated heterocycles. The molecule has 5 aliphatic rings. The van der Waals surface area contributed by atoms with Gasteiger partial charge in [-0.25, -0.2) is 8.42 Å². The van der Waals surface area contributed by atoms with E-state index >= 15 is 0 Å². The molecule has 4 aliphatic carbocycles. The quantitative estimate of drug-likeness (QED) is 0.703. The van der Waals surface area contributed by atoms with Gasteiger partial charge in [-0.3, -0.25) is 4.79 Å². The van der Waals surface area contributed by atoms with E-state index in [9.17, 15) is 13.2 Å². The van der Waals surface area contributed by atoms with Crippen LogP contribution in [0.2, 0.25) is 5.02 Å². The van der Waals surface area contributed by atoms with Gasteiger partial charge in [0.1, 0.15) is 0 Å². The molecular formula is C24H33ClN2O3S. The van der Waals surface area contributed by atoms with Gasteiger partial charge < -0.3 is 5.32 Å². The van der Waals surface area contributed by atoms with E-state index in [1.165, 1.54) is 19.3 Å². The lowest BCUT2D eigenvalue weighted by molar-refractivity contribution is -0.146. The van der Waals surface area contributed by atoms with E-state index in [0.717, 1.165) is 49.9 Å². The minimum atomic E-state index is -3.59. The first-order chi connectivity index (χ1) is 14.8. The molecule has 5 fully saturated rings. The van der Waals surface area contributed by atoms with Gasteiger partial charge in [-0.05, 0) is 99.7 Å². The first-order valence-electron chi connectivity index (χ1n) is 11.8. The Hall–Kier alpha value is -1.11. The molecule has 1 atom stereocenters. The van der Waals surface area contributed by atoms with Gasteiger partial charge in [-0.2, -0.15) is 4.31 Å². The molecule has 1 unspecified atom stereocenters. The van der Waals surface area contributed by atoms with E-state index in [0.29, 0.717) is 35.1 Å². The minimum absolute atomic E-state index is 0.146. The zero-order valence-corrected chi connectivity index (χ0v) is 19.9. The largest absolute Gasteiger partial charge is 0.355 e. The third-order valence-corrected chi connectivity index (χ3v) is 10.8. The average Bonchev–Trinajstić information content (AvgIpc) is 2.73. The van der Waals surface area contributed by atoms with Crippen molar-refractivity contribution in [1.29, 1.82) is 0 Å². The van der Waals surface area contributed by atoms with Gasteiger partial charge in [-0.15, -0.1) is 0 Å². The molecule has 1 heterocycles. The molecule has 1 aromatic carbocycles. The standard InChI is InChI=1S/C24H33ClN2O3S/c1-16-21(25)5-2-6-22(16)31(29,30)27-7-3-4-17(15-27)14-26-23(28)24-11-18-8-19(12-24)10-20(9-18)13-24/h2,5-6,17-20H,3-4,7-15H2,1H3,(H,26,28). The first-order valence-corrected chi connectivity index (χ1v) is 13.6. The highest BCUT2D eigenvalue weighted by molar-refractivity contribution is 7.89. The first kappa shape index (κ1) is 21.7. The summed E-state index contributed by atoms with van der Waals surface area (Å²) in [6.07, 6.45) is 8.91. The smallest absolute Gasteiger partial charge is 0.243 e. The molecule has 170 valence electrons. The van der Waals surface area contributed by atoms with Crippen LogP contribution in [0, 0.1) is 36.0 Å². The van der Waals surface area contributed by atoms with Crippen molar-refractivity contribution >= 4 is 27.5 Å². The van der Waals surface area contributed by atoms with E-state index in [1.807, 2.05) is 0 Å². The molecule has 31 heavy (non-hydrogen) atoms. The van der Waals surface area contributed by atoms with Gasteiger partial charge in [0, 0.05) is 30.1 Å². The van der Waals surface area contributed by atoms with Crippen LogP contribution in [0.5, 0.6) is 0 Å². The molecule has 1 amide bonds. The van der Waals surface area contributed by atoms with Gasteiger partial charge in [-0.1, -0.05) is 17.7 Å². The third kappa shape index (κ3) is 3.93. The lowest BCUT2D eigenvalue weighted by atomic mass is 9.49. The maximum Gasteiger partial charge on any atom is 0.243 e. The van der Waals surface area contributed by atoms with E-state index in [2.05, 4.69) is 5.32 Å². The molecular weight excluding hydrogens is 432 g/mol. The van der Waals surface area contributed by atoms with Crippen molar-refractivity contribution in [2.24, 2.45) is 29.1 Å². The highest BCUT2D eigenvalue weighted by atomic mass is 35.5. The number of hydrogen-bond donors (Lipinski definition) is 1. The Morgan fingerprint density at radius 1 is 1.16 bits per heavy atom. The number of nitrogens with one attached hydrogen (secondary N) is 1. The molecule has 7 heteroatoms. The van der Waals surface area contributed by atoms with Crippen LogP contribution in [-0.2, 0) is 14.8 Å². The number of amides is 1. The molecule has 0 radical (unpaired) electrons. The van der Waals surface area contributed by atoms with Gasteiger partial charge >= 0.3 is 0 Å². The summed E-state index contributed by atoms with van der Waals surface area (Å²) in [5.41, 5.74) is 0.453. The lowest BCUT2D eigenvalue weighted by Gasteiger charge is -2.55. The molecule has 1 aliphatic heterocycles. The van der Waals surface area contributed by atoms with Crippen LogP contribution in [0.1, 0.15) is 56.9 Å². The molecule has 6 rings (SSSR count). The van der Waals surface area contributed by atoms with Crippen molar-refractivity contribution in [1.82, 2.24) is 9.62 Å². The van der Waals surface area contributed by atoms with Crippen LogP contribution in [0.4, 0.5) is 0 Å². The Balaban J connectivity index is 1.23. The van der Waals surface area contributed by atoms with Gasteiger partial charge in [0.25, 0.3) is 0 Å². The topological polar surface area (TPSA) is 66.5 Å². The normalized spacial score (nSPS) is 35.3.